The van der Waals surface area contributed by atoms with Crippen LogP contribution in [0.2, 0.25) is 0 Å². The van der Waals surface area contributed by atoms with Crippen LogP contribution in [0.5, 0.6) is 0 Å². The minimum atomic E-state index is 0.262. The smallest absolute Gasteiger partial charge is 0.0991 e. The summed E-state index contributed by atoms with van der Waals surface area (Å²) in [5, 5.41) is 16.7. The lowest BCUT2D eigenvalue weighted by Gasteiger charge is -2.15. The number of benzene rings is 2. The fourth-order valence-electron chi connectivity index (χ4n) is 3.99. The maximum Gasteiger partial charge on any atom is 0.0991 e. The van der Waals surface area contributed by atoms with Crippen molar-refractivity contribution < 1.29 is 0 Å². The molecule has 168 valence electrons. The third-order valence-corrected chi connectivity index (χ3v) is 6.05. The summed E-state index contributed by atoms with van der Waals surface area (Å²) < 4.78 is 0. The molecule has 1 aliphatic carbocycles. The molecule has 2 aromatic carbocycles. The molecule has 0 aromatic heterocycles. The van der Waals surface area contributed by atoms with Gasteiger partial charge in [-0.15, -0.1) is 0 Å². The molecule has 1 atom stereocenters. The van der Waals surface area contributed by atoms with Crippen LogP contribution < -0.4 is 11.5 Å². The quantitative estimate of drug-likeness (QED) is 0.229. The number of nitrogens with one attached hydrogen (secondary N) is 1. The first kappa shape index (κ1) is 23.9. The summed E-state index contributed by atoms with van der Waals surface area (Å²) >= 11 is 0. The van der Waals surface area contributed by atoms with E-state index in [1.807, 2.05) is 37.4 Å². The number of rotatable bonds is 7. The van der Waals surface area contributed by atoms with Crippen LogP contribution in [0.25, 0.3) is 11.1 Å². The fraction of sp³-hybridized carbons (Fsp3) is 0.250. The molecule has 0 radical (unpaired) electrons. The molecule has 0 amide bonds. The minimum Gasteiger partial charge on any atom is -0.398 e. The van der Waals surface area contributed by atoms with E-state index in [0.717, 1.165) is 60.1 Å². The molecule has 2 aromatic rings. The summed E-state index contributed by atoms with van der Waals surface area (Å²) in [6.45, 7) is 4.37. The Balaban J connectivity index is 2.01. The lowest BCUT2D eigenvalue weighted by Crippen LogP contribution is -2.18. The Labute approximate surface area is 196 Å². The van der Waals surface area contributed by atoms with E-state index < -0.39 is 0 Å². The zero-order chi connectivity index (χ0) is 23.8. The first-order valence-corrected chi connectivity index (χ1v) is 11.2. The second-order valence-electron chi connectivity index (χ2n) is 8.34. The molecule has 0 fully saturated rings. The van der Waals surface area contributed by atoms with Gasteiger partial charge in [0.2, 0.25) is 0 Å². The van der Waals surface area contributed by atoms with Crippen molar-refractivity contribution in [2.45, 2.75) is 38.1 Å². The standard InChI is InChI=1S/C28H31N5/c1-19(22-9-6-21(17-29)7-10-22)27(23-11-12-24(18-30)28(32)15-23)16-26(33-2)14-20-4-3-5-25(31)13-8-20/h4,6-7,9-12,15-16,18,25,30H,1,3,5,8,13-14,31-32H2,2H3/b27-16+,30-18?,33-26?. The van der Waals surface area contributed by atoms with E-state index in [-0.39, 0.29) is 6.04 Å². The number of anilines is 1. The molecule has 1 aliphatic rings. The van der Waals surface area contributed by atoms with Gasteiger partial charge in [-0.05, 0) is 72.2 Å². The number of allylic oxidation sites excluding steroid dienone is 5. The fourth-order valence-corrected chi connectivity index (χ4v) is 3.99. The summed E-state index contributed by atoms with van der Waals surface area (Å²) in [5.74, 6) is 0. The summed E-state index contributed by atoms with van der Waals surface area (Å²) in [7, 11) is 1.81. The molecule has 0 bridgehead atoms. The molecule has 0 heterocycles. The monoisotopic (exact) mass is 437 g/mol. The minimum absolute atomic E-state index is 0.262. The van der Waals surface area contributed by atoms with E-state index in [4.69, 9.17) is 22.1 Å². The Morgan fingerprint density at radius 1 is 1.21 bits per heavy atom. The molecule has 3 rings (SSSR count). The Morgan fingerprint density at radius 3 is 2.58 bits per heavy atom. The molecule has 5 nitrogen and oxygen atoms in total. The normalized spacial score (nSPS) is 17.0. The molecular weight excluding hydrogens is 406 g/mol. The summed E-state index contributed by atoms with van der Waals surface area (Å²) in [5.41, 5.74) is 20.0. The van der Waals surface area contributed by atoms with E-state index in [1.165, 1.54) is 11.8 Å². The summed E-state index contributed by atoms with van der Waals surface area (Å²) in [6.07, 6.45) is 10.4. The van der Waals surface area contributed by atoms with Gasteiger partial charge in [0.15, 0.2) is 0 Å². The molecule has 5 heteroatoms. The second-order valence-corrected chi connectivity index (χ2v) is 8.34. The number of nitrogens with zero attached hydrogens (tertiary/aromatic N) is 2. The van der Waals surface area contributed by atoms with Crippen molar-refractivity contribution in [2.24, 2.45) is 10.7 Å². The van der Waals surface area contributed by atoms with Crippen molar-refractivity contribution in [2.75, 3.05) is 12.8 Å². The summed E-state index contributed by atoms with van der Waals surface area (Å²) in [6, 6.07) is 15.5. The van der Waals surface area contributed by atoms with Gasteiger partial charge in [0, 0.05) is 42.7 Å². The van der Waals surface area contributed by atoms with Gasteiger partial charge >= 0.3 is 0 Å². The predicted molar refractivity (Wildman–Crippen MR) is 139 cm³/mol. The molecule has 0 aliphatic heterocycles. The van der Waals surface area contributed by atoms with Crippen LogP contribution in [0.1, 0.15) is 54.4 Å². The second kappa shape index (κ2) is 11.2. The molecular formula is C28H31N5. The third kappa shape index (κ3) is 6.15. The zero-order valence-corrected chi connectivity index (χ0v) is 19.1. The van der Waals surface area contributed by atoms with Gasteiger partial charge < -0.3 is 16.9 Å². The molecule has 1 unspecified atom stereocenters. The summed E-state index contributed by atoms with van der Waals surface area (Å²) in [4.78, 5) is 4.57. The van der Waals surface area contributed by atoms with Crippen LogP contribution in [0, 0.1) is 16.7 Å². The van der Waals surface area contributed by atoms with Crippen molar-refractivity contribution in [3.8, 4) is 6.07 Å². The van der Waals surface area contributed by atoms with Crippen LogP contribution in [-0.2, 0) is 0 Å². The lowest BCUT2D eigenvalue weighted by molar-refractivity contribution is 0.589. The average molecular weight is 438 g/mol. The number of hydrogen-bond donors (Lipinski definition) is 3. The van der Waals surface area contributed by atoms with Crippen LogP contribution in [0.3, 0.4) is 0 Å². The van der Waals surface area contributed by atoms with E-state index in [0.29, 0.717) is 16.8 Å². The number of nitriles is 1. The highest BCUT2D eigenvalue weighted by atomic mass is 14.7. The highest BCUT2D eigenvalue weighted by Gasteiger charge is 2.14. The SMILES string of the molecule is C=C(/C(=C\C(CC1=CCCC(N)CC1)=NC)c1ccc(C=N)c(N)c1)c1ccc(C#N)cc1. The first-order valence-electron chi connectivity index (χ1n) is 11.2. The van der Waals surface area contributed by atoms with Crippen molar-refractivity contribution in [3.05, 3.63) is 89.0 Å². The first-order chi connectivity index (χ1) is 15.9. The highest BCUT2D eigenvalue weighted by molar-refractivity contribution is 6.14. The third-order valence-electron chi connectivity index (χ3n) is 6.05. The van der Waals surface area contributed by atoms with Crippen molar-refractivity contribution >= 4 is 28.8 Å². The number of aliphatic imine (C=N–C) groups is 1. The topological polar surface area (TPSA) is 112 Å². The van der Waals surface area contributed by atoms with Crippen LogP contribution in [0.15, 0.2) is 71.8 Å². The van der Waals surface area contributed by atoms with Gasteiger partial charge in [-0.2, -0.15) is 5.26 Å². The van der Waals surface area contributed by atoms with Gasteiger partial charge in [0.1, 0.15) is 0 Å². The highest BCUT2D eigenvalue weighted by Crippen LogP contribution is 2.32. The molecule has 5 N–H and O–H groups in total. The van der Waals surface area contributed by atoms with Gasteiger partial charge in [-0.25, -0.2) is 0 Å². The van der Waals surface area contributed by atoms with Crippen LogP contribution in [0.4, 0.5) is 5.69 Å². The Morgan fingerprint density at radius 2 is 1.94 bits per heavy atom. The maximum atomic E-state index is 9.13. The Hall–Kier alpha value is -3.75. The zero-order valence-electron chi connectivity index (χ0n) is 19.1. The van der Waals surface area contributed by atoms with Crippen molar-refractivity contribution in [1.29, 1.82) is 10.7 Å². The van der Waals surface area contributed by atoms with E-state index in [1.54, 1.807) is 12.1 Å². The number of nitrogen functional groups attached to an aromatic ring is 1. The van der Waals surface area contributed by atoms with E-state index in [2.05, 4.69) is 29.8 Å². The van der Waals surface area contributed by atoms with E-state index in [9.17, 15) is 0 Å². The number of nitrogens with two attached hydrogens (primary N) is 2. The maximum absolute atomic E-state index is 9.13. The Kier molecular flexibility index (Phi) is 8.12. The molecule has 33 heavy (non-hydrogen) atoms. The largest absolute Gasteiger partial charge is 0.398 e. The van der Waals surface area contributed by atoms with Gasteiger partial charge in [0.25, 0.3) is 0 Å². The van der Waals surface area contributed by atoms with E-state index >= 15 is 0 Å². The van der Waals surface area contributed by atoms with Gasteiger partial charge in [-0.1, -0.05) is 42.5 Å². The van der Waals surface area contributed by atoms with Crippen molar-refractivity contribution in [1.82, 2.24) is 0 Å². The van der Waals surface area contributed by atoms with Gasteiger partial charge in [0.05, 0.1) is 11.6 Å². The predicted octanol–water partition coefficient (Wildman–Crippen LogP) is 5.52. The molecule has 0 saturated heterocycles. The Bertz CT molecular complexity index is 1160. The molecule has 0 spiro atoms. The molecule has 0 saturated carbocycles. The lowest BCUT2D eigenvalue weighted by atomic mass is 9.90. The van der Waals surface area contributed by atoms with Crippen LogP contribution in [-0.4, -0.2) is 25.0 Å². The van der Waals surface area contributed by atoms with Crippen molar-refractivity contribution in [3.63, 3.8) is 0 Å². The van der Waals surface area contributed by atoms with Crippen LogP contribution >= 0.6 is 0 Å². The average Bonchev–Trinajstić information content (AvgIpc) is 3.05. The van der Waals surface area contributed by atoms with Gasteiger partial charge in [-0.3, -0.25) is 4.99 Å². The number of hydrogen-bond acceptors (Lipinski definition) is 5.